The molecule has 0 bridgehead atoms. The maximum absolute atomic E-state index is 12.1. The molecule has 1 aliphatic rings. The zero-order chi connectivity index (χ0) is 13.9. The van der Waals surface area contributed by atoms with E-state index in [1.165, 1.54) is 12.8 Å². The van der Waals surface area contributed by atoms with Gasteiger partial charge in [-0.25, -0.2) is 4.79 Å². The minimum atomic E-state index is -0.0871. The van der Waals surface area contributed by atoms with Crippen molar-refractivity contribution in [2.24, 2.45) is 0 Å². The predicted molar refractivity (Wildman–Crippen MR) is 82.0 cm³/mol. The average molecular weight is 271 g/mol. The fourth-order valence-electron chi connectivity index (χ4n) is 3.02. The SMILES string of the molecule is CCn1cc(NC(=O)NC2CCCC2)c2ccccc21. The first-order valence-electron chi connectivity index (χ1n) is 7.43. The topological polar surface area (TPSA) is 46.1 Å². The lowest BCUT2D eigenvalue weighted by Crippen LogP contribution is -2.36. The molecular formula is C16H21N3O. The molecule has 106 valence electrons. The van der Waals surface area contributed by atoms with Crippen molar-refractivity contribution in [3.8, 4) is 0 Å². The van der Waals surface area contributed by atoms with Crippen LogP contribution in [-0.2, 0) is 6.54 Å². The molecule has 4 heteroatoms. The number of rotatable bonds is 3. The van der Waals surface area contributed by atoms with Crippen LogP contribution in [0.2, 0.25) is 0 Å². The third-order valence-corrected chi connectivity index (χ3v) is 4.07. The van der Waals surface area contributed by atoms with Gasteiger partial charge in [0.15, 0.2) is 0 Å². The molecule has 2 amide bonds. The van der Waals surface area contributed by atoms with E-state index in [-0.39, 0.29) is 6.03 Å². The zero-order valence-electron chi connectivity index (χ0n) is 11.9. The zero-order valence-corrected chi connectivity index (χ0v) is 11.9. The number of urea groups is 1. The van der Waals surface area contributed by atoms with Crippen molar-refractivity contribution in [3.05, 3.63) is 30.5 Å². The fourth-order valence-corrected chi connectivity index (χ4v) is 3.02. The van der Waals surface area contributed by atoms with Crippen molar-refractivity contribution in [2.75, 3.05) is 5.32 Å². The Morgan fingerprint density at radius 2 is 2.05 bits per heavy atom. The van der Waals surface area contributed by atoms with Crippen molar-refractivity contribution < 1.29 is 4.79 Å². The molecular weight excluding hydrogens is 250 g/mol. The van der Waals surface area contributed by atoms with Crippen molar-refractivity contribution in [3.63, 3.8) is 0 Å². The van der Waals surface area contributed by atoms with E-state index in [9.17, 15) is 4.79 Å². The van der Waals surface area contributed by atoms with E-state index in [1.54, 1.807) is 0 Å². The van der Waals surface area contributed by atoms with E-state index in [0.29, 0.717) is 6.04 Å². The summed E-state index contributed by atoms with van der Waals surface area (Å²) in [5.74, 6) is 0. The van der Waals surface area contributed by atoms with Gasteiger partial charge in [-0.05, 0) is 25.8 Å². The van der Waals surface area contributed by atoms with Gasteiger partial charge in [0.05, 0.1) is 11.2 Å². The molecule has 2 aromatic rings. The lowest BCUT2D eigenvalue weighted by Gasteiger charge is -2.12. The molecule has 0 atom stereocenters. The van der Waals surface area contributed by atoms with Crippen molar-refractivity contribution in [1.29, 1.82) is 0 Å². The number of nitrogens with one attached hydrogen (secondary N) is 2. The Morgan fingerprint density at radius 3 is 2.80 bits per heavy atom. The van der Waals surface area contributed by atoms with Gasteiger partial charge in [-0.15, -0.1) is 0 Å². The van der Waals surface area contributed by atoms with Gasteiger partial charge in [0, 0.05) is 24.2 Å². The summed E-state index contributed by atoms with van der Waals surface area (Å²) in [6, 6.07) is 8.41. The summed E-state index contributed by atoms with van der Waals surface area (Å²) in [4.78, 5) is 12.1. The molecule has 1 heterocycles. The standard InChI is InChI=1S/C16H21N3O/c1-2-19-11-14(13-9-5-6-10-15(13)19)18-16(20)17-12-7-3-4-8-12/h5-6,9-12H,2-4,7-8H2,1H3,(H2,17,18,20). The summed E-state index contributed by atoms with van der Waals surface area (Å²) in [5, 5.41) is 7.15. The van der Waals surface area contributed by atoms with Crippen LogP contribution in [0.1, 0.15) is 32.6 Å². The minimum absolute atomic E-state index is 0.0871. The minimum Gasteiger partial charge on any atom is -0.346 e. The Bertz CT molecular complexity index is 611. The normalized spacial score (nSPS) is 15.7. The highest BCUT2D eigenvalue weighted by atomic mass is 16.2. The number of hydrogen-bond donors (Lipinski definition) is 2. The highest BCUT2D eigenvalue weighted by Gasteiger charge is 2.18. The first-order chi connectivity index (χ1) is 9.78. The van der Waals surface area contributed by atoms with E-state index in [2.05, 4.69) is 28.2 Å². The van der Waals surface area contributed by atoms with E-state index in [0.717, 1.165) is 36.0 Å². The number of aryl methyl sites for hydroxylation is 1. The van der Waals surface area contributed by atoms with Crippen LogP contribution in [0, 0.1) is 0 Å². The van der Waals surface area contributed by atoms with Crippen LogP contribution < -0.4 is 10.6 Å². The van der Waals surface area contributed by atoms with Gasteiger partial charge in [-0.1, -0.05) is 31.0 Å². The molecule has 1 saturated carbocycles. The molecule has 1 aromatic carbocycles. The first kappa shape index (κ1) is 13.0. The van der Waals surface area contributed by atoms with Gasteiger partial charge in [0.25, 0.3) is 0 Å². The Morgan fingerprint density at radius 1 is 1.30 bits per heavy atom. The molecule has 0 saturated heterocycles. The highest BCUT2D eigenvalue weighted by Crippen LogP contribution is 2.26. The fraction of sp³-hybridized carbons (Fsp3) is 0.438. The number of aromatic nitrogens is 1. The smallest absolute Gasteiger partial charge is 0.319 e. The van der Waals surface area contributed by atoms with Crippen molar-refractivity contribution >= 4 is 22.6 Å². The van der Waals surface area contributed by atoms with Crippen LogP contribution in [0.3, 0.4) is 0 Å². The molecule has 0 radical (unpaired) electrons. The number of hydrogen-bond acceptors (Lipinski definition) is 1. The van der Waals surface area contributed by atoms with Crippen LogP contribution >= 0.6 is 0 Å². The number of anilines is 1. The van der Waals surface area contributed by atoms with Crippen LogP contribution in [0.25, 0.3) is 10.9 Å². The maximum Gasteiger partial charge on any atom is 0.319 e. The largest absolute Gasteiger partial charge is 0.346 e. The molecule has 1 aromatic heterocycles. The Labute approximate surface area is 119 Å². The van der Waals surface area contributed by atoms with Crippen molar-refractivity contribution in [2.45, 2.75) is 45.2 Å². The van der Waals surface area contributed by atoms with Crippen molar-refractivity contribution in [1.82, 2.24) is 9.88 Å². The van der Waals surface area contributed by atoms with E-state index >= 15 is 0 Å². The summed E-state index contributed by atoms with van der Waals surface area (Å²) in [6.07, 6.45) is 6.66. The quantitative estimate of drug-likeness (QED) is 0.878. The molecule has 4 nitrogen and oxygen atoms in total. The molecule has 2 N–H and O–H groups in total. The molecule has 1 fully saturated rings. The molecule has 20 heavy (non-hydrogen) atoms. The van der Waals surface area contributed by atoms with Gasteiger partial charge in [0.2, 0.25) is 0 Å². The highest BCUT2D eigenvalue weighted by molar-refractivity contribution is 6.01. The van der Waals surface area contributed by atoms with Gasteiger partial charge >= 0.3 is 6.03 Å². The summed E-state index contributed by atoms with van der Waals surface area (Å²) in [6.45, 7) is 3.00. The summed E-state index contributed by atoms with van der Waals surface area (Å²) in [7, 11) is 0. The second-order valence-electron chi connectivity index (χ2n) is 5.43. The second kappa shape index (κ2) is 5.57. The van der Waals surface area contributed by atoms with Gasteiger partial charge in [0.1, 0.15) is 0 Å². The van der Waals surface area contributed by atoms with Crippen LogP contribution in [0.15, 0.2) is 30.5 Å². The maximum atomic E-state index is 12.1. The number of carbonyl (C=O) groups is 1. The number of nitrogens with zero attached hydrogens (tertiary/aromatic N) is 1. The average Bonchev–Trinajstić information content (AvgIpc) is 3.07. The van der Waals surface area contributed by atoms with Crippen LogP contribution in [0.5, 0.6) is 0 Å². The Kier molecular flexibility index (Phi) is 3.63. The number of amides is 2. The Balaban J connectivity index is 1.78. The summed E-state index contributed by atoms with van der Waals surface area (Å²) in [5.41, 5.74) is 2.05. The number of benzene rings is 1. The van der Waals surface area contributed by atoms with Gasteiger partial charge < -0.3 is 15.2 Å². The third-order valence-electron chi connectivity index (χ3n) is 4.07. The number of fused-ring (bicyclic) bond motifs is 1. The third kappa shape index (κ3) is 2.50. The summed E-state index contributed by atoms with van der Waals surface area (Å²) >= 11 is 0. The van der Waals surface area contributed by atoms with Gasteiger partial charge in [-0.2, -0.15) is 0 Å². The monoisotopic (exact) mass is 271 g/mol. The molecule has 1 aliphatic carbocycles. The lowest BCUT2D eigenvalue weighted by molar-refractivity contribution is 0.248. The number of carbonyl (C=O) groups excluding carboxylic acids is 1. The van der Waals surface area contributed by atoms with Gasteiger partial charge in [-0.3, -0.25) is 0 Å². The van der Waals surface area contributed by atoms with Crippen LogP contribution in [-0.4, -0.2) is 16.6 Å². The Hall–Kier alpha value is -1.97. The van der Waals surface area contributed by atoms with E-state index in [4.69, 9.17) is 0 Å². The molecule has 0 aliphatic heterocycles. The number of para-hydroxylation sites is 1. The van der Waals surface area contributed by atoms with E-state index in [1.807, 2.05) is 24.4 Å². The van der Waals surface area contributed by atoms with Crippen LogP contribution in [0.4, 0.5) is 10.5 Å². The second-order valence-corrected chi connectivity index (χ2v) is 5.43. The molecule has 0 spiro atoms. The summed E-state index contributed by atoms with van der Waals surface area (Å²) < 4.78 is 2.15. The molecule has 3 rings (SSSR count). The predicted octanol–water partition coefficient (Wildman–Crippen LogP) is 3.73. The van der Waals surface area contributed by atoms with E-state index < -0.39 is 0 Å². The molecule has 0 unspecified atom stereocenters. The first-order valence-corrected chi connectivity index (χ1v) is 7.43. The lowest BCUT2D eigenvalue weighted by atomic mass is 10.2.